The number of amides is 3. The fraction of sp³-hybridized carbons (Fsp3) is 0.0833. The molecule has 0 radical (unpaired) electrons. The number of benzene rings is 3. The van der Waals surface area contributed by atoms with Gasteiger partial charge in [-0.25, -0.2) is 5.43 Å². The first kappa shape index (κ1) is 24.8. The average molecular weight is 499 g/mol. The van der Waals surface area contributed by atoms with Crippen LogP contribution in [-0.2, 0) is 14.4 Å². The van der Waals surface area contributed by atoms with Gasteiger partial charge in [0.1, 0.15) is 5.75 Å². The molecule has 0 aromatic heterocycles. The molecule has 8 nitrogen and oxygen atoms in total. The number of hydrazone groups is 1. The fourth-order valence-electron chi connectivity index (χ4n) is 2.72. The number of carbonyl (C=O) groups excluding carboxylic acids is 3. The summed E-state index contributed by atoms with van der Waals surface area (Å²) < 4.78 is 5.45. The first-order valence-corrected chi connectivity index (χ1v) is 10.8. The quantitative estimate of drug-likeness (QED) is 0.254. The van der Waals surface area contributed by atoms with Crippen molar-refractivity contribution in [3.8, 4) is 5.75 Å². The van der Waals surface area contributed by atoms with Gasteiger partial charge in [0.25, 0.3) is 5.91 Å². The number of halogens is 2. The lowest BCUT2D eigenvalue weighted by molar-refractivity contribution is -0.136. The van der Waals surface area contributed by atoms with Crippen LogP contribution in [0.25, 0.3) is 0 Å². The van der Waals surface area contributed by atoms with Gasteiger partial charge in [-0.1, -0.05) is 53.5 Å². The molecule has 3 aromatic carbocycles. The Bertz CT molecular complexity index is 1250. The van der Waals surface area contributed by atoms with Crippen LogP contribution in [0.1, 0.15) is 11.1 Å². The predicted molar refractivity (Wildman–Crippen MR) is 133 cm³/mol. The third-order valence-corrected chi connectivity index (χ3v) is 5.07. The number of ether oxygens (including phenoxy) is 1. The summed E-state index contributed by atoms with van der Waals surface area (Å²) in [7, 11) is 0. The standard InChI is InChI=1S/C24H20Cl2N4O4/c1-15-6-2-4-8-19(15)29-23(32)24(33)30-27-13-16-10-11-21(18(26)12-16)34-14-22(31)28-20-9-5-3-7-17(20)25/h2-13H,14H2,1H3,(H,28,31)(H,29,32)(H,30,33)/b27-13-. The van der Waals surface area contributed by atoms with Crippen molar-refractivity contribution in [1.29, 1.82) is 0 Å². The van der Waals surface area contributed by atoms with E-state index in [2.05, 4.69) is 21.2 Å². The number of carbonyl (C=O) groups is 3. The van der Waals surface area contributed by atoms with Crippen molar-refractivity contribution in [1.82, 2.24) is 5.43 Å². The van der Waals surface area contributed by atoms with Gasteiger partial charge in [-0.05, 0) is 54.4 Å². The zero-order valence-corrected chi connectivity index (χ0v) is 19.5. The summed E-state index contributed by atoms with van der Waals surface area (Å²) in [6, 6.07) is 18.6. The zero-order valence-electron chi connectivity index (χ0n) is 18.0. The first-order valence-electron chi connectivity index (χ1n) is 10.00. The topological polar surface area (TPSA) is 109 Å². The minimum absolute atomic E-state index is 0.234. The fourth-order valence-corrected chi connectivity index (χ4v) is 3.14. The number of hydrogen-bond donors (Lipinski definition) is 3. The van der Waals surface area contributed by atoms with Gasteiger partial charge >= 0.3 is 11.8 Å². The highest BCUT2D eigenvalue weighted by Crippen LogP contribution is 2.25. The molecule has 3 amide bonds. The van der Waals surface area contributed by atoms with Gasteiger partial charge < -0.3 is 15.4 Å². The largest absolute Gasteiger partial charge is 0.482 e. The number of hydrogen-bond acceptors (Lipinski definition) is 5. The van der Waals surface area contributed by atoms with Crippen molar-refractivity contribution >= 4 is 58.5 Å². The van der Waals surface area contributed by atoms with Crippen LogP contribution in [0.3, 0.4) is 0 Å². The maximum absolute atomic E-state index is 12.1. The number of anilines is 2. The van der Waals surface area contributed by atoms with Gasteiger partial charge in [-0.15, -0.1) is 0 Å². The molecule has 0 atom stereocenters. The maximum atomic E-state index is 12.1. The highest BCUT2D eigenvalue weighted by Gasteiger charge is 2.14. The van der Waals surface area contributed by atoms with Crippen molar-refractivity contribution in [2.45, 2.75) is 6.92 Å². The summed E-state index contributed by atoms with van der Waals surface area (Å²) in [6.07, 6.45) is 1.32. The average Bonchev–Trinajstić information content (AvgIpc) is 2.81. The first-order chi connectivity index (χ1) is 16.3. The second-order valence-corrected chi connectivity index (χ2v) is 7.79. The van der Waals surface area contributed by atoms with E-state index in [4.69, 9.17) is 27.9 Å². The second-order valence-electron chi connectivity index (χ2n) is 6.97. The smallest absolute Gasteiger partial charge is 0.329 e. The summed E-state index contributed by atoms with van der Waals surface area (Å²) in [5.41, 5.74) is 4.53. The van der Waals surface area contributed by atoms with Gasteiger partial charge in [0.15, 0.2) is 6.61 Å². The molecule has 10 heteroatoms. The molecule has 0 spiro atoms. The van der Waals surface area contributed by atoms with E-state index in [1.807, 2.05) is 19.1 Å². The van der Waals surface area contributed by atoms with E-state index < -0.39 is 17.7 Å². The molecule has 174 valence electrons. The molecule has 0 aliphatic carbocycles. The van der Waals surface area contributed by atoms with Crippen LogP contribution in [0.15, 0.2) is 71.8 Å². The normalized spacial score (nSPS) is 10.6. The Balaban J connectivity index is 1.50. The number of rotatable bonds is 7. The lowest BCUT2D eigenvalue weighted by atomic mass is 10.2. The number of aryl methyl sites for hydroxylation is 1. The molecular weight excluding hydrogens is 479 g/mol. The second kappa shape index (κ2) is 11.8. The molecule has 0 bridgehead atoms. The van der Waals surface area contributed by atoms with Crippen molar-refractivity contribution in [2.75, 3.05) is 17.2 Å². The molecule has 0 unspecified atom stereocenters. The van der Waals surface area contributed by atoms with Gasteiger partial charge in [0.05, 0.1) is 21.9 Å². The Kier molecular flexibility index (Phi) is 8.61. The lowest BCUT2D eigenvalue weighted by Crippen LogP contribution is -2.32. The van der Waals surface area contributed by atoms with Crippen molar-refractivity contribution < 1.29 is 19.1 Å². The summed E-state index contributed by atoms with van der Waals surface area (Å²) in [5.74, 6) is -1.88. The van der Waals surface area contributed by atoms with Crippen molar-refractivity contribution in [3.63, 3.8) is 0 Å². The van der Waals surface area contributed by atoms with Crippen molar-refractivity contribution in [3.05, 3.63) is 87.9 Å². The minimum atomic E-state index is -0.921. The predicted octanol–water partition coefficient (Wildman–Crippen LogP) is 4.41. The Morgan fingerprint density at radius 1 is 0.882 bits per heavy atom. The molecule has 0 aliphatic rings. The molecule has 3 N–H and O–H groups in total. The Hall–Kier alpha value is -3.88. The van der Waals surface area contributed by atoms with Crippen LogP contribution < -0.4 is 20.8 Å². The van der Waals surface area contributed by atoms with Crippen LogP contribution in [0.2, 0.25) is 10.0 Å². The van der Waals surface area contributed by atoms with E-state index in [-0.39, 0.29) is 17.4 Å². The van der Waals surface area contributed by atoms with Crippen LogP contribution in [-0.4, -0.2) is 30.5 Å². The Labute approximate surface area is 205 Å². The van der Waals surface area contributed by atoms with E-state index in [0.29, 0.717) is 22.0 Å². The summed E-state index contributed by atoms with van der Waals surface area (Å²) in [5, 5.41) is 9.57. The molecule has 0 fully saturated rings. The molecule has 0 heterocycles. The third kappa shape index (κ3) is 7.06. The number of para-hydroxylation sites is 2. The molecule has 0 saturated carbocycles. The van der Waals surface area contributed by atoms with Crippen molar-refractivity contribution in [2.24, 2.45) is 5.10 Å². The van der Waals surface area contributed by atoms with E-state index in [0.717, 1.165) is 5.56 Å². The molecule has 0 saturated heterocycles. The highest BCUT2D eigenvalue weighted by molar-refractivity contribution is 6.39. The lowest BCUT2D eigenvalue weighted by Gasteiger charge is -2.10. The van der Waals surface area contributed by atoms with Crippen LogP contribution in [0, 0.1) is 6.92 Å². The van der Waals surface area contributed by atoms with Crippen LogP contribution in [0.4, 0.5) is 11.4 Å². The monoisotopic (exact) mass is 498 g/mol. The SMILES string of the molecule is Cc1ccccc1NC(=O)C(=O)N/N=C\c1ccc(OCC(=O)Nc2ccccc2Cl)c(Cl)c1. The zero-order chi connectivity index (χ0) is 24.5. The summed E-state index contributed by atoms with van der Waals surface area (Å²) in [4.78, 5) is 36.0. The molecule has 3 rings (SSSR count). The molecular formula is C24H20Cl2N4O4. The maximum Gasteiger partial charge on any atom is 0.329 e. The molecule has 3 aromatic rings. The number of nitrogens with one attached hydrogen (secondary N) is 3. The van der Waals surface area contributed by atoms with E-state index in [1.54, 1.807) is 48.5 Å². The summed E-state index contributed by atoms with van der Waals surface area (Å²) >= 11 is 12.2. The Morgan fingerprint density at radius 2 is 1.59 bits per heavy atom. The van der Waals surface area contributed by atoms with Gasteiger partial charge in [-0.3, -0.25) is 14.4 Å². The van der Waals surface area contributed by atoms with E-state index in [1.165, 1.54) is 12.3 Å². The van der Waals surface area contributed by atoms with E-state index in [9.17, 15) is 14.4 Å². The minimum Gasteiger partial charge on any atom is -0.482 e. The van der Waals surface area contributed by atoms with Crippen LogP contribution in [0.5, 0.6) is 5.75 Å². The highest BCUT2D eigenvalue weighted by atomic mass is 35.5. The van der Waals surface area contributed by atoms with E-state index >= 15 is 0 Å². The van der Waals surface area contributed by atoms with Gasteiger partial charge in [-0.2, -0.15) is 5.10 Å². The third-order valence-electron chi connectivity index (χ3n) is 4.44. The number of nitrogens with zero attached hydrogens (tertiary/aromatic N) is 1. The molecule has 0 aliphatic heterocycles. The Morgan fingerprint density at radius 3 is 2.29 bits per heavy atom. The molecule has 34 heavy (non-hydrogen) atoms. The van der Waals surface area contributed by atoms with Gasteiger partial charge in [0.2, 0.25) is 0 Å². The summed E-state index contributed by atoms with van der Waals surface area (Å²) in [6.45, 7) is 1.54. The van der Waals surface area contributed by atoms with Crippen LogP contribution >= 0.6 is 23.2 Å². The van der Waals surface area contributed by atoms with Gasteiger partial charge in [0, 0.05) is 5.69 Å².